The van der Waals surface area contributed by atoms with Gasteiger partial charge in [-0.1, -0.05) is 36.9 Å². The lowest BCUT2D eigenvalue weighted by atomic mass is 9.90. The minimum Gasteiger partial charge on any atom is -0.480 e. The van der Waals surface area contributed by atoms with Crippen molar-refractivity contribution in [2.75, 3.05) is 0 Å². The van der Waals surface area contributed by atoms with Gasteiger partial charge in [0, 0.05) is 19.0 Å². The monoisotopic (exact) mass is 358 g/mol. The van der Waals surface area contributed by atoms with Crippen LogP contribution in [0.25, 0.3) is 11.5 Å². The van der Waals surface area contributed by atoms with Crippen LogP contribution in [0.1, 0.15) is 50.8 Å². The molecule has 0 radical (unpaired) electrons. The van der Waals surface area contributed by atoms with Crippen molar-refractivity contribution in [1.82, 2.24) is 20.4 Å². The van der Waals surface area contributed by atoms with Crippen LogP contribution in [0.3, 0.4) is 0 Å². The number of carboxylic acid groups (broad SMARTS) is 1. The van der Waals surface area contributed by atoms with Gasteiger partial charge in [-0.3, -0.25) is 9.78 Å². The molecule has 2 heterocycles. The second-order valence-electron chi connectivity index (χ2n) is 6.58. The quantitative estimate of drug-likeness (QED) is 0.761. The third kappa shape index (κ3) is 4.25. The summed E-state index contributed by atoms with van der Waals surface area (Å²) in [6.45, 7) is 0. The zero-order valence-corrected chi connectivity index (χ0v) is 14.5. The molecule has 0 unspecified atom stereocenters. The van der Waals surface area contributed by atoms with Crippen molar-refractivity contribution >= 4 is 11.9 Å². The SMILES string of the molecule is O=C(CCc1nc(-c2ccccn2)no1)NC1(C(=O)O)CCCCCC1. The van der Waals surface area contributed by atoms with E-state index in [1.807, 2.05) is 6.07 Å². The Morgan fingerprint density at radius 2 is 1.96 bits per heavy atom. The zero-order valence-electron chi connectivity index (χ0n) is 14.5. The van der Waals surface area contributed by atoms with E-state index in [9.17, 15) is 14.7 Å². The van der Waals surface area contributed by atoms with Crippen LogP contribution in [0, 0.1) is 0 Å². The first kappa shape index (κ1) is 18.0. The molecule has 3 rings (SSSR count). The summed E-state index contributed by atoms with van der Waals surface area (Å²) in [5, 5.41) is 16.2. The highest BCUT2D eigenvalue weighted by Crippen LogP contribution is 2.27. The van der Waals surface area contributed by atoms with E-state index >= 15 is 0 Å². The first-order chi connectivity index (χ1) is 12.6. The standard InChI is InChI=1S/C18H22N4O4/c23-14(21-18(17(24)25)10-4-1-2-5-11-18)8-9-15-20-16(22-26-15)13-7-3-6-12-19-13/h3,6-7,12H,1-2,4-5,8-11H2,(H,21,23)(H,24,25). The topological polar surface area (TPSA) is 118 Å². The molecule has 0 aliphatic heterocycles. The Morgan fingerprint density at radius 1 is 1.19 bits per heavy atom. The molecular weight excluding hydrogens is 336 g/mol. The predicted molar refractivity (Wildman–Crippen MR) is 92.1 cm³/mol. The molecular formula is C18H22N4O4. The number of nitrogens with one attached hydrogen (secondary N) is 1. The Kier molecular flexibility index (Phi) is 5.60. The van der Waals surface area contributed by atoms with Crippen LogP contribution in [-0.2, 0) is 16.0 Å². The van der Waals surface area contributed by atoms with E-state index in [-0.39, 0.29) is 18.7 Å². The van der Waals surface area contributed by atoms with E-state index in [1.165, 1.54) is 0 Å². The first-order valence-corrected chi connectivity index (χ1v) is 8.87. The number of carboxylic acids is 1. The van der Waals surface area contributed by atoms with Crippen LogP contribution in [0.2, 0.25) is 0 Å². The van der Waals surface area contributed by atoms with Crippen LogP contribution in [0.15, 0.2) is 28.9 Å². The highest BCUT2D eigenvalue weighted by Gasteiger charge is 2.39. The van der Waals surface area contributed by atoms with E-state index in [4.69, 9.17) is 4.52 Å². The van der Waals surface area contributed by atoms with Crippen molar-refractivity contribution in [3.63, 3.8) is 0 Å². The Morgan fingerprint density at radius 3 is 2.62 bits per heavy atom. The Labute approximate surface area is 151 Å². The van der Waals surface area contributed by atoms with E-state index in [1.54, 1.807) is 18.3 Å². The van der Waals surface area contributed by atoms with Crippen molar-refractivity contribution in [2.45, 2.75) is 56.9 Å². The third-order valence-electron chi connectivity index (χ3n) is 4.67. The summed E-state index contributed by atoms with van der Waals surface area (Å²) < 4.78 is 5.15. The number of amides is 1. The van der Waals surface area contributed by atoms with E-state index in [0.29, 0.717) is 30.3 Å². The molecule has 8 nitrogen and oxygen atoms in total. The summed E-state index contributed by atoms with van der Waals surface area (Å²) in [7, 11) is 0. The van der Waals surface area contributed by atoms with Crippen LogP contribution in [-0.4, -0.2) is 37.6 Å². The number of aromatic nitrogens is 3. The molecule has 1 amide bonds. The van der Waals surface area contributed by atoms with Gasteiger partial charge in [0.05, 0.1) is 0 Å². The average molecular weight is 358 g/mol. The van der Waals surface area contributed by atoms with Crippen LogP contribution < -0.4 is 5.32 Å². The molecule has 26 heavy (non-hydrogen) atoms. The van der Waals surface area contributed by atoms with Gasteiger partial charge in [-0.25, -0.2) is 4.79 Å². The van der Waals surface area contributed by atoms with Crippen molar-refractivity contribution < 1.29 is 19.2 Å². The number of carbonyl (C=O) groups is 2. The Balaban J connectivity index is 1.58. The van der Waals surface area contributed by atoms with Crippen molar-refractivity contribution in [2.24, 2.45) is 0 Å². The molecule has 8 heteroatoms. The molecule has 1 aliphatic rings. The van der Waals surface area contributed by atoms with Crippen molar-refractivity contribution in [3.05, 3.63) is 30.3 Å². The molecule has 1 saturated carbocycles. The van der Waals surface area contributed by atoms with Crippen LogP contribution in [0.4, 0.5) is 0 Å². The molecule has 2 aromatic rings. The maximum absolute atomic E-state index is 12.3. The minimum absolute atomic E-state index is 0.0961. The summed E-state index contributed by atoms with van der Waals surface area (Å²) in [4.78, 5) is 32.4. The lowest BCUT2D eigenvalue weighted by Gasteiger charge is -2.29. The lowest BCUT2D eigenvalue weighted by molar-refractivity contribution is -0.148. The minimum atomic E-state index is -1.15. The number of rotatable bonds is 6. The Bertz CT molecular complexity index is 752. The van der Waals surface area contributed by atoms with E-state index in [2.05, 4.69) is 20.4 Å². The summed E-state index contributed by atoms with van der Waals surface area (Å²) in [5.41, 5.74) is -0.558. The molecule has 0 bridgehead atoms. The molecule has 0 saturated heterocycles. The zero-order chi connectivity index (χ0) is 18.4. The fraction of sp³-hybridized carbons (Fsp3) is 0.500. The predicted octanol–water partition coefficient (Wildman–Crippen LogP) is 2.36. The molecule has 0 spiro atoms. The second kappa shape index (κ2) is 8.07. The normalized spacial score (nSPS) is 16.6. The largest absolute Gasteiger partial charge is 0.480 e. The fourth-order valence-electron chi connectivity index (χ4n) is 3.23. The van der Waals surface area contributed by atoms with E-state index in [0.717, 1.165) is 25.7 Å². The molecule has 0 atom stereocenters. The molecule has 138 valence electrons. The highest BCUT2D eigenvalue weighted by molar-refractivity contribution is 5.87. The molecule has 0 aromatic carbocycles. The second-order valence-corrected chi connectivity index (χ2v) is 6.58. The van der Waals surface area contributed by atoms with Gasteiger partial charge >= 0.3 is 5.97 Å². The van der Waals surface area contributed by atoms with Gasteiger partial charge < -0.3 is 14.9 Å². The van der Waals surface area contributed by atoms with E-state index < -0.39 is 11.5 Å². The molecule has 1 aliphatic carbocycles. The summed E-state index contributed by atoms with van der Waals surface area (Å²) >= 11 is 0. The first-order valence-electron chi connectivity index (χ1n) is 8.87. The van der Waals surface area contributed by atoms with Crippen molar-refractivity contribution in [1.29, 1.82) is 0 Å². The van der Waals surface area contributed by atoms with Gasteiger partial charge in [0.1, 0.15) is 11.2 Å². The van der Waals surface area contributed by atoms with Gasteiger partial charge in [-0.2, -0.15) is 4.98 Å². The lowest BCUT2D eigenvalue weighted by Crippen LogP contribution is -2.54. The van der Waals surface area contributed by atoms with Crippen LogP contribution >= 0.6 is 0 Å². The van der Waals surface area contributed by atoms with Crippen LogP contribution in [0.5, 0.6) is 0 Å². The number of pyridine rings is 1. The summed E-state index contributed by atoms with van der Waals surface area (Å²) in [5.74, 6) is -0.576. The number of hydrogen-bond donors (Lipinski definition) is 2. The highest BCUT2D eigenvalue weighted by atomic mass is 16.5. The van der Waals surface area contributed by atoms with Crippen molar-refractivity contribution in [3.8, 4) is 11.5 Å². The number of aliphatic carboxylic acids is 1. The fourth-order valence-corrected chi connectivity index (χ4v) is 3.23. The Hall–Kier alpha value is -2.77. The third-order valence-corrected chi connectivity index (χ3v) is 4.67. The number of nitrogens with zero attached hydrogens (tertiary/aromatic N) is 3. The van der Waals surface area contributed by atoms with Gasteiger partial charge in [-0.15, -0.1) is 0 Å². The average Bonchev–Trinajstić information content (AvgIpc) is 2.99. The van der Waals surface area contributed by atoms with Gasteiger partial charge in [0.15, 0.2) is 0 Å². The molecule has 2 aromatic heterocycles. The smallest absolute Gasteiger partial charge is 0.329 e. The van der Waals surface area contributed by atoms with Gasteiger partial charge in [0.2, 0.25) is 17.6 Å². The summed E-state index contributed by atoms with van der Waals surface area (Å²) in [6, 6.07) is 5.38. The number of carbonyl (C=O) groups excluding carboxylic acids is 1. The molecule has 1 fully saturated rings. The maximum Gasteiger partial charge on any atom is 0.329 e. The number of hydrogen-bond acceptors (Lipinski definition) is 6. The van der Waals surface area contributed by atoms with Gasteiger partial charge in [0.25, 0.3) is 0 Å². The summed E-state index contributed by atoms with van der Waals surface area (Å²) in [6.07, 6.45) is 6.55. The maximum atomic E-state index is 12.3. The molecule has 2 N–H and O–H groups in total. The number of aryl methyl sites for hydroxylation is 1. The van der Waals surface area contributed by atoms with Gasteiger partial charge in [-0.05, 0) is 25.0 Å².